The van der Waals surface area contributed by atoms with E-state index in [1.54, 1.807) is 18.2 Å². The van der Waals surface area contributed by atoms with E-state index < -0.39 is 4.92 Å². The third-order valence-electron chi connectivity index (χ3n) is 4.90. The molecule has 6 nitrogen and oxygen atoms in total. The van der Waals surface area contributed by atoms with Gasteiger partial charge in [-0.3, -0.25) is 14.9 Å². The molecular formula is C16H21N3O3. The number of fused-ring (bicyclic) bond motifs is 1. The summed E-state index contributed by atoms with van der Waals surface area (Å²) < 4.78 is 0. The largest absolute Gasteiger partial charge is 0.342 e. The molecule has 0 spiro atoms. The van der Waals surface area contributed by atoms with E-state index in [-0.39, 0.29) is 18.0 Å². The Balaban J connectivity index is 1.66. The van der Waals surface area contributed by atoms with Gasteiger partial charge in [0.15, 0.2) is 0 Å². The number of carbonyl (C=O) groups is 1. The monoisotopic (exact) mass is 303 g/mol. The summed E-state index contributed by atoms with van der Waals surface area (Å²) in [6.07, 6.45) is 2.17. The first-order valence-electron chi connectivity index (χ1n) is 7.86. The summed E-state index contributed by atoms with van der Waals surface area (Å²) in [5, 5.41) is 14.5. The van der Waals surface area contributed by atoms with Crippen LogP contribution < -0.4 is 5.32 Å². The van der Waals surface area contributed by atoms with Crippen LogP contribution in [0.2, 0.25) is 0 Å². The number of nitrogens with one attached hydrogen (secondary N) is 1. The fourth-order valence-corrected chi connectivity index (χ4v) is 3.58. The number of hydrogen-bond acceptors (Lipinski definition) is 4. The molecule has 6 heteroatoms. The molecule has 22 heavy (non-hydrogen) atoms. The van der Waals surface area contributed by atoms with E-state index in [4.69, 9.17) is 0 Å². The van der Waals surface area contributed by atoms with Crippen molar-refractivity contribution in [3.8, 4) is 0 Å². The average molecular weight is 303 g/mol. The van der Waals surface area contributed by atoms with Gasteiger partial charge in [0, 0.05) is 24.7 Å². The highest BCUT2D eigenvalue weighted by Gasteiger charge is 2.31. The first kappa shape index (κ1) is 15.0. The predicted molar refractivity (Wildman–Crippen MR) is 82.5 cm³/mol. The summed E-state index contributed by atoms with van der Waals surface area (Å²) >= 11 is 0. The Morgan fingerprint density at radius 3 is 2.50 bits per heavy atom. The molecule has 0 bridgehead atoms. The van der Waals surface area contributed by atoms with Crippen LogP contribution >= 0.6 is 0 Å². The predicted octanol–water partition coefficient (Wildman–Crippen LogP) is 1.60. The maximum atomic E-state index is 12.5. The van der Waals surface area contributed by atoms with E-state index in [1.807, 2.05) is 4.90 Å². The number of para-hydroxylation sites is 1. The summed E-state index contributed by atoms with van der Waals surface area (Å²) in [6, 6.07) is 6.51. The molecule has 0 unspecified atom stereocenters. The standard InChI is InChI=1S/C16H21N3O3/c20-16(9-12-3-1-2-4-15(12)19(21)22)18-7-5-13-10-17-11-14(13)6-8-18/h1-4,13-14,17H,5-11H2/t13-,14+. The van der Waals surface area contributed by atoms with Crippen LogP contribution in [-0.2, 0) is 11.2 Å². The van der Waals surface area contributed by atoms with Gasteiger partial charge in [0.1, 0.15) is 0 Å². The molecule has 0 aromatic heterocycles. The van der Waals surface area contributed by atoms with Gasteiger partial charge in [-0.15, -0.1) is 0 Å². The molecule has 1 aromatic rings. The van der Waals surface area contributed by atoms with Crippen LogP contribution in [0.3, 0.4) is 0 Å². The second-order valence-electron chi connectivity index (χ2n) is 6.20. The van der Waals surface area contributed by atoms with Gasteiger partial charge >= 0.3 is 0 Å². The fourth-order valence-electron chi connectivity index (χ4n) is 3.58. The lowest BCUT2D eigenvalue weighted by Gasteiger charge is -2.21. The molecule has 2 saturated heterocycles. The van der Waals surface area contributed by atoms with Gasteiger partial charge in [0.25, 0.3) is 5.69 Å². The van der Waals surface area contributed by atoms with Crippen LogP contribution in [0.15, 0.2) is 24.3 Å². The Morgan fingerprint density at radius 2 is 1.86 bits per heavy atom. The van der Waals surface area contributed by atoms with Crippen LogP contribution in [0.25, 0.3) is 0 Å². The molecule has 118 valence electrons. The molecule has 0 saturated carbocycles. The number of likely N-dealkylation sites (tertiary alicyclic amines) is 1. The lowest BCUT2D eigenvalue weighted by molar-refractivity contribution is -0.385. The summed E-state index contributed by atoms with van der Waals surface area (Å²) in [7, 11) is 0. The second-order valence-corrected chi connectivity index (χ2v) is 6.20. The Morgan fingerprint density at radius 1 is 1.23 bits per heavy atom. The number of rotatable bonds is 3. The van der Waals surface area contributed by atoms with Crippen molar-refractivity contribution >= 4 is 11.6 Å². The van der Waals surface area contributed by atoms with Crippen molar-refractivity contribution in [3.63, 3.8) is 0 Å². The Bertz CT molecular complexity index is 562. The fraction of sp³-hybridized carbons (Fsp3) is 0.562. The third kappa shape index (κ3) is 3.11. The first-order valence-corrected chi connectivity index (χ1v) is 7.86. The van der Waals surface area contributed by atoms with Crippen molar-refractivity contribution in [1.29, 1.82) is 0 Å². The summed E-state index contributed by atoms with van der Waals surface area (Å²) in [5.74, 6) is 1.34. The van der Waals surface area contributed by atoms with Crippen LogP contribution in [0.4, 0.5) is 5.69 Å². The van der Waals surface area contributed by atoms with Crippen molar-refractivity contribution in [3.05, 3.63) is 39.9 Å². The molecule has 2 atom stereocenters. The maximum Gasteiger partial charge on any atom is 0.273 e. The van der Waals surface area contributed by atoms with Gasteiger partial charge in [0.05, 0.1) is 11.3 Å². The molecular weight excluding hydrogens is 282 g/mol. The number of nitrogens with zero attached hydrogens (tertiary/aromatic N) is 2. The van der Waals surface area contributed by atoms with E-state index in [0.717, 1.165) is 39.0 Å². The molecule has 2 aliphatic rings. The molecule has 1 amide bonds. The number of nitro benzene ring substituents is 1. The number of nitro groups is 1. The van der Waals surface area contributed by atoms with Gasteiger partial charge in [-0.1, -0.05) is 18.2 Å². The van der Waals surface area contributed by atoms with Gasteiger partial charge < -0.3 is 10.2 Å². The molecule has 1 aromatic carbocycles. The van der Waals surface area contributed by atoms with E-state index in [1.165, 1.54) is 6.07 Å². The number of hydrogen-bond donors (Lipinski definition) is 1. The zero-order valence-corrected chi connectivity index (χ0v) is 12.5. The van der Waals surface area contributed by atoms with Crippen LogP contribution in [-0.4, -0.2) is 41.9 Å². The van der Waals surface area contributed by atoms with Gasteiger partial charge in [-0.2, -0.15) is 0 Å². The second kappa shape index (κ2) is 6.44. The number of carbonyl (C=O) groups excluding carboxylic acids is 1. The lowest BCUT2D eigenvalue weighted by Crippen LogP contribution is -2.34. The van der Waals surface area contributed by atoms with E-state index in [2.05, 4.69) is 5.32 Å². The zero-order chi connectivity index (χ0) is 15.5. The van der Waals surface area contributed by atoms with Crippen molar-refractivity contribution in [2.24, 2.45) is 11.8 Å². The first-order chi connectivity index (χ1) is 10.6. The zero-order valence-electron chi connectivity index (χ0n) is 12.5. The highest BCUT2D eigenvalue weighted by Crippen LogP contribution is 2.27. The summed E-state index contributed by atoms with van der Waals surface area (Å²) in [4.78, 5) is 25.0. The minimum atomic E-state index is -0.416. The smallest absolute Gasteiger partial charge is 0.273 e. The highest BCUT2D eigenvalue weighted by molar-refractivity contribution is 5.80. The Kier molecular flexibility index (Phi) is 4.38. The van der Waals surface area contributed by atoms with Crippen molar-refractivity contribution in [2.75, 3.05) is 26.2 Å². The van der Waals surface area contributed by atoms with Crippen LogP contribution in [0, 0.1) is 22.0 Å². The van der Waals surface area contributed by atoms with Crippen LogP contribution in [0.1, 0.15) is 18.4 Å². The van der Waals surface area contributed by atoms with E-state index in [9.17, 15) is 14.9 Å². The van der Waals surface area contributed by atoms with E-state index in [0.29, 0.717) is 17.4 Å². The maximum absolute atomic E-state index is 12.5. The molecule has 1 N–H and O–H groups in total. The molecule has 0 aliphatic carbocycles. The molecule has 2 heterocycles. The van der Waals surface area contributed by atoms with Gasteiger partial charge in [-0.25, -0.2) is 0 Å². The minimum Gasteiger partial charge on any atom is -0.342 e. The highest BCUT2D eigenvalue weighted by atomic mass is 16.6. The van der Waals surface area contributed by atoms with E-state index >= 15 is 0 Å². The number of benzene rings is 1. The topological polar surface area (TPSA) is 75.5 Å². The Hall–Kier alpha value is -1.95. The minimum absolute atomic E-state index is 0.00207. The van der Waals surface area contributed by atoms with Crippen LogP contribution in [0.5, 0.6) is 0 Å². The summed E-state index contributed by atoms with van der Waals surface area (Å²) in [5.41, 5.74) is 0.537. The normalized spacial score (nSPS) is 24.6. The SMILES string of the molecule is O=C(Cc1ccccc1[N+](=O)[O-])N1CC[C@@H]2CNC[C@@H]2CC1. The average Bonchev–Trinajstić information content (AvgIpc) is 2.86. The van der Waals surface area contributed by atoms with Gasteiger partial charge in [-0.05, 0) is 37.8 Å². The van der Waals surface area contributed by atoms with Gasteiger partial charge in [0.2, 0.25) is 5.91 Å². The number of amides is 1. The molecule has 2 fully saturated rings. The summed E-state index contributed by atoms with van der Waals surface area (Å²) in [6.45, 7) is 3.64. The van der Waals surface area contributed by atoms with Crippen molar-refractivity contribution in [2.45, 2.75) is 19.3 Å². The molecule has 2 aliphatic heterocycles. The van der Waals surface area contributed by atoms with Crippen molar-refractivity contribution < 1.29 is 9.72 Å². The molecule has 0 radical (unpaired) electrons. The lowest BCUT2D eigenvalue weighted by atomic mass is 9.92. The third-order valence-corrected chi connectivity index (χ3v) is 4.90. The quantitative estimate of drug-likeness (QED) is 0.680. The Labute approximate surface area is 129 Å². The van der Waals surface area contributed by atoms with Crippen molar-refractivity contribution in [1.82, 2.24) is 10.2 Å². The molecule has 3 rings (SSSR count).